The van der Waals surface area contributed by atoms with E-state index >= 15 is 0 Å². The Kier molecular flexibility index (Phi) is 3.48. The number of aliphatic hydroxyl groups excluding tert-OH is 1. The lowest BCUT2D eigenvalue weighted by Gasteiger charge is -2.30. The number of carboxylic acid groups (broad SMARTS) is 1. The Bertz CT molecular complexity index is 210. The Balaban J connectivity index is 2.73. The molecule has 0 aromatic heterocycles. The van der Waals surface area contributed by atoms with Crippen LogP contribution in [0.4, 0.5) is 0 Å². The molecule has 1 fully saturated rings. The summed E-state index contributed by atoms with van der Waals surface area (Å²) in [4.78, 5) is 10.9. The van der Waals surface area contributed by atoms with Gasteiger partial charge in [-0.05, 0) is 25.7 Å². The van der Waals surface area contributed by atoms with Crippen LogP contribution in [-0.4, -0.2) is 22.3 Å². The van der Waals surface area contributed by atoms with Crippen LogP contribution >= 0.6 is 0 Å². The van der Waals surface area contributed by atoms with E-state index in [0.29, 0.717) is 6.42 Å². The molecule has 0 amide bonds. The number of allylic oxidation sites excluding steroid dienone is 2. The van der Waals surface area contributed by atoms with Crippen molar-refractivity contribution in [2.45, 2.75) is 32.3 Å². The van der Waals surface area contributed by atoms with Crippen molar-refractivity contribution in [1.29, 1.82) is 0 Å². The number of rotatable bonds is 2. The van der Waals surface area contributed by atoms with E-state index in [4.69, 9.17) is 5.11 Å². The van der Waals surface area contributed by atoms with Crippen molar-refractivity contribution < 1.29 is 15.0 Å². The van der Waals surface area contributed by atoms with Gasteiger partial charge >= 0.3 is 5.97 Å². The van der Waals surface area contributed by atoms with Crippen LogP contribution in [0, 0.1) is 11.8 Å². The van der Waals surface area contributed by atoms with Crippen LogP contribution in [0.25, 0.3) is 0 Å². The first kappa shape index (κ1) is 10.3. The Morgan fingerprint density at radius 2 is 2.15 bits per heavy atom. The quantitative estimate of drug-likeness (QED) is 0.638. The van der Waals surface area contributed by atoms with Crippen molar-refractivity contribution in [3.63, 3.8) is 0 Å². The lowest BCUT2D eigenvalue weighted by Crippen LogP contribution is -2.37. The number of hydrogen-bond donors (Lipinski definition) is 2. The summed E-state index contributed by atoms with van der Waals surface area (Å²) in [5, 5.41) is 18.4. The number of aliphatic hydroxyl groups is 1. The first-order chi connectivity index (χ1) is 6.16. The smallest absolute Gasteiger partial charge is 0.309 e. The summed E-state index contributed by atoms with van der Waals surface area (Å²) in [6, 6.07) is 0. The van der Waals surface area contributed by atoms with E-state index < -0.39 is 18.0 Å². The van der Waals surface area contributed by atoms with E-state index in [2.05, 4.69) is 0 Å². The zero-order valence-electron chi connectivity index (χ0n) is 7.81. The minimum Gasteiger partial charge on any atom is -0.481 e. The fourth-order valence-corrected chi connectivity index (χ4v) is 2.02. The molecule has 3 nitrogen and oxygen atoms in total. The summed E-state index contributed by atoms with van der Waals surface area (Å²) in [6.07, 6.45) is 5.48. The van der Waals surface area contributed by atoms with Gasteiger partial charge in [-0.25, -0.2) is 0 Å². The SMILES string of the molecule is C/C=C/[C@@H]1CCC[C@@H](O)[C@H]1C(=O)O. The second-order valence-corrected chi connectivity index (χ2v) is 3.55. The average molecular weight is 184 g/mol. The third kappa shape index (κ3) is 2.31. The summed E-state index contributed by atoms with van der Waals surface area (Å²) in [5.41, 5.74) is 0. The summed E-state index contributed by atoms with van der Waals surface area (Å²) in [6.45, 7) is 1.87. The third-order valence-electron chi connectivity index (χ3n) is 2.64. The molecule has 0 spiro atoms. The zero-order valence-corrected chi connectivity index (χ0v) is 7.81. The zero-order chi connectivity index (χ0) is 9.84. The Hall–Kier alpha value is -0.830. The molecule has 74 valence electrons. The van der Waals surface area contributed by atoms with E-state index in [-0.39, 0.29) is 5.92 Å². The molecular weight excluding hydrogens is 168 g/mol. The van der Waals surface area contributed by atoms with Crippen molar-refractivity contribution in [3.05, 3.63) is 12.2 Å². The summed E-state index contributed by atoms with van der Waals surface area (Å²) in [5.74, 6) is -1.48. The minimum atomic E-state index is -0.879. The van der Waals surface area contributed by atoms with Gasteiger partial charge < -0.3 is 10.2 Å². The summed E-state index contributed by atoms with van der Waals surface area (Å²) < 4.78 is 0. The van der Waals surface area contributed by atoms with Gasteiger partial charge in [-0.15, -0.1) is 0 Å². The van der Waals surface area contributed by atoms with Gasteiger partial charge in [0.2, 0.25) is 0 Å². The second kappa shape index (κ2) is 4.42. The molecule has 2 N–H and O–H groups in total. The molecular formula is C10H16O3. The van der Waals surface area contributed by atoms with E-state index in [1.807, 2.05) is 19.1 Å². The highest BCUT2D eigenvalue weighted by Gasteiger charge is 2.35. The molecule has 1 rings (SSSR count). The largest absolute Gasteiger partial charge is 0.481 e. The predicted molar refractivity (Wildman–Crippen MR) is 49.3 cm³/mol. The van der Waals surface area contributed by atoms with Crippen molar-refractivity contribution >= 4 is 5.97 Å². The van der Waals surface area contributed by atoms with Crippen LogP contribution in [0.5, 0.6) is 0 Å². The first-order valence-corrected chi connectivity index (χ1v) is 4.70. The maximum absolute atomic E-state index is 10.9. The van der Waals surface area contributed by atoms with E-state index in [9.17, 15) is 9.90 Å². The predicted octanol–water partition coefficient (Wildman–Crippen LogP) is 1.42. The standard InChI is InChI=1S/C10H16O3/c1-2-4-7-5-3-6-8(11)9(7)10(12)13/h2,4,7-9,11H,3,5-6H2,1H3,(H,12,13)/b4-2+/t7-,8-,9+/m1/s1. The van der Waals surface area contributed by atoms with Crippen molar-refractivity contribution in [3.8, 4) is 0 Å². The molecule has 0 bridgehead atoms. The van der Waals surface area contributed by atoms with Crippen LogP contribution in [0.15, 0.2) is 12.2 Å². The number of carboxylic acids is 1. The average Bonchev–Trinajstić information content (AvgIpc) is 2.04. The Morgan fingerprint density at radius 3 is 2.69 bits per heavy atom. The molecule has 1 aliphatic rings. The molecule has 0 aromatic rings. The van der Waals surface area contributed by atoms with Crippen molar-refractivity contribution in [2.75, 3.05) is 0 Å². The topological polar surface area (TPSA) is 57.5 Å². The van der Waals surface area contributed by atoms with E-state index in [0.717, 1.165) is 12.8 Å². The van der Waals surface area contributed by atoms with Gasteiger partial charge in [0, 0.05) is 0 Å². The van der Waals surface area contributed by atoms with Crippen LogP contribution in [-0.2, 0) is 4.79 Å². The van der Waals surface area contributed by atoms with Crippen LogP contribution in [0.1, 0.15) is 26.2 Å². The first-order valence-electron chi connectivity index (χ1n) is 4.70. The molecule has 0 unspecified atom stereocenters. The highest BCUT2D eigenvalue weighted by atomic mass is 16.4. The molecule has 1 saturated carbocycles. The highest BCUT2D eigenvalue weighted by molar-refractivity contribution is 5.71. The van der Waals surface area contributed by atoms with E-state index in [1.165, 1.54) is 0 Å². The molecule has 3 atom stereocenters. The molecule has 1 aliphatic carbocycles. The monoisotopic (exact) mass is 184 g/mol. The van der Waals surface area contributed by atoms with Crippen molar-refractivity contribution in [2.24, 2.45) is 11.8 Å². The van der Waals surface area contributed by atoms with Crippen molar-refractivity contribution in [1.82, 2.24) is 0 Å². The fourth-order valence-electron chi connectivity index (χ4n) is 2.02. The molecule has 0 heterocycles. The number of aliphatic carboxylic acids is 1. The van der Waals surface area contributed by atoms with Gasteiger partial charge in [0.15, 0.2) is 0 Å². The molecule has 0 radical (unpaired) electrons. The maximum atomic E-state index is 10.9. The lowest BCUT2D eigenvalue weighted by atomic mass is 9.77. The molecule has 0 aliphatic heterocycles. The Morgan fingerprint density at radius 1 is 1.46 bits per heavy atom. The summed E-state index contributed by atoms with van der Waals surface area (Å²) >= 11 is 0. The molecule has 13 heavy (non-hydrogen) atoms. The normalized spacial score (nSPS) is 35.1. The molecule has 0 aromatic carbocycles. The fraction of sp³-hybridized carbons (Fsp3) is 0.700. The van der Waals surface area contributed by atoms with Crippen LogP contribution < -0.4 is 0 Å². The molecule has 3 heteroatoms. The second-order valence-electron chi connectivity index (χ2n) is 3.55. The highest BCUT2D eigenvalue weighted by Crippen LogP contribution is 2.31. The third-order valence-corrected chi connectivity index (χ3v) is 2.64. The van der Waals surface area contributed by atoms with Gasteiger partial charge in [0.1, 0.15) is 0 Å². The number of carbonyl (C=O) groups is 1. The lowest BCUT2D eigenvalue weighted by molar-refractivity contribution is -0.149. The van der Waals surface area contributed by atoms with Crippen LogP contribution in [0.2, 0.25) is 0 Å². The van der Waals surface area contributed by atoms with Gasteiger partial charge in [0.25, 0.3) is 0 Å². The molecule has 0 saturated heterocycles. The number of hydrogen-bond acceptors (Lipinski definition) is 2. The van der Waals surface area contributed by atoms with E-state index in [1.54, 1.807) is 0 Å². The van der Waals surface area contributed by atoms with Gasteiger partial charge in [-0.3, -0.25) is 4.79 Å². The minimum absolute atomic E-state index is 0.00579. The van der Waals surface area contributed by atoms with Gasteiger partial charge in [-0.2, -0.15) is 0 Å². The van der Waals surface area contributed by atoms with Gasteiger partial charge in [0.05, 0.1) is 12.0 Å². The Labute approximate surface area is 78.1 Å². The summed E-state index contributed by atoms with van der Waals surface area (Å²) in [7, 11) is 0. The van der Waals surface area contributed by atoms with Gasteiger partial charge in [-0.1, -0.05) is 18.6 Å². The van der Waals surface area contributed by atoms with Crippen LogP contribution in [0.3, 0.4) is 0 Å². The maximum Gasteiger partial charge on any atom is 0.309 e.